The highest BCUT2D eigenvalue weighted by atomic mass is 16.5. The molecule has 152 valence electrons. The van der Waals surface area contributed by atoms with Gasteiger partial charge in [-0.1, -0.05) is 12.1 Å². The summed E-state index contributed by atoms with van der Waals surface area (Å²) < 4.78 is 13.5. The van der Waals surface area contributed by atoms with Crippen molar-refractivity contribution in [2.24, 2.45) is 12.0 Å². The van der Waals surface area contributed by atoms with E-state index >= 15 is 0 Å². The van der Waals surface area contributed by atoms with Crippen LogP contribution in [0.4, 0.5) is 0 Å². The number of aromatic nitrogens is 2. The largest absolute Gasteiger partial charge is 0.488 e. The summed E-state index contributed by atoms with van der Waals surface area (Å²) in [6.45, 7) is 8.93. The van der Waals surface area contributed by atoms with Crippen molar-refractivity contribution in [3.8, 4) is 5.75 Å². The minimum Gasteiger partial charge on any atom is -0.488 e. The zero-order valence-corrected chi connectivity index (χ0v) is 17.5. The van der Waals surface area contributed by atoms with E-state index in [4.69, 9.17) is 9.47 Å². The van der Waals surface area contributed by atoms with Crippen LogP contribution in [0.15, 0.2) is 23.2 Å². The number of hydrogen-bond acceptors (Lipinski definition) is 4. The van der Waals surface area contributed by atoms with Gasteiger partial charge in [0.15, 0.2) is 5.96 Å². The van der Waals surface area contributed by atoms with Crippen molar-refractivity contribution in [2.45, 2.75) is 46.4 Å². The van der Waals surface area contributed by atoms with Gasteiger partial charge < -0.3 is 20.1 Å². The first kappa shape index (κ1) is 20.2. The number of nitrogens with one attached hydrogen (secondary N) is 2. The van der Waals surface area contributed by atoms with Crippen molar-refractivity contribution in [1.29, 1.82) is 0 Å². The lowest BCUT2D eigenvalue weighted by atomic mass is 10.1. The Morgan fingerprint density at radius 3 is 2.71 bits per heavy atom. The lowest BCUT2D eigenvalue weighted by Gasteiger charge is -2.18. The number of nitrogens with zero attached hydrogens (tertiary/aromatic N) is 3. The van der Waals surface area contributed by atoms with Gasteiger partial charge in [0, 0.05) is 50.4 Å². The summed E-state index contributed by atoms with van der Waals surface area (Å²) in [6.07, 6.45) is 1.07. The summed E-state index contributed by atoms with van der Waals surface area (Å²) in [5.41, 5.74) is 5.69. The molecule has 1 fully saturated rings. The van der Waals surface area contributed by atoms with E-state index in [0.717, 1.165) is 41.7 Å². The van der Waals surface area contributed by atoms with E-state index in [9.17, 15) is 0 Å². The Labute approximate surface area is 167 Å². The average Bonchev–Trinajstić information content (AvgIpc) is 3.26. The molecular formula is C21H31N5O2. The van der Waals surface area contributed by atoms with Crippen LogP contribution in [0.1, 0.15) is 34.5 Å². The molecule has 3 rings (SSSR count). The van der Waals surface area contributed by atoms with Crippen LogP contribution in [0.2, 0.25) is 0 Å². The minimum absolute atomic E-state index is 0.134. The lowest BCUT2D eigenvalue weighted by molar-refractivity contribution is 0.140. The van der Waals surface area contributed by atoms with Crippen LogP contribution >= 0.6 is 0 Å². The topological polar surface area (TPSA) is 72.7 Å². The van der Waals surface area contributed by atoms with Crippen molar-refractivity contribution >= 4 is 5.96 Å². The Balaban J connectivity index is 1.61. The second kappa shape index (κ2) is 9.10. The molecule has 1 aliphatic heterocycles. The molecule has 0 aliphatic carbocycles. The third kappa shape index (κ3) is 4.84. The zero-order valence-electron chi connectivity index (χ0n) is 17.5. The number of aliphatic imine (C=N–C) groups is 1. The zero-order chi connectivity index (χ0) is 20.1. The smallest absolute Gasteiger partial charge is 0.191 e. The number of guanidine groups is 1. The molecule has 7 nitrogen and oxygen atoms in total. The third-order valence-electron chi connectivity index (χ3n) is 5.17. The quantitative estimate of drug-likeness (QED) is 0.590. The van der Waals surface area contributed by atoms with Gasteiger partial charge in [0.25, 0.3) is 0 Å². The number of aryl methyl sites for hydroxylation is 3. The molecule has 1 aromatic carbocycles. The molecular weight excluding hydrogens is 354 g/mol. The van der Waals surface area contributed by atoms with E-state index in [2.05, 4.69) is 52.8 Å². The van der Waals surface area contributed by atoms with Crippen molar-refractivity contribution < 1.29 is 9.47 Å². The van der Waals surface area contributed by atoms with Gasteiger partial charge >= 0.3 is 0 Å². The van der Waals surface area contributed by atoms with E-state index in [1.54, 1.807) is 7.05 Å². The van der Waals surface area contributed by atoms with Gasteiger partial charge in [0.2, 0.25) is 0 Å². The number of hydrogen-bond donors (Lipinski definition) is 2. The summed E-state index contributed by atoms with van der Waals surface area (Å²) in [6, 6.07) is 6.30. The van der Waals surface area contributed by atoms with Crippen LogP contribution < -0.4 is 15.4 Å². The van der Waals surface area contributed by atoms with Gasteiger partial charge in [0.1, 0.15) is 11.9 Å². The molecule has 1 unspecified atom stereocenters. The van der Waals surface area contributed by atoms with Gasteiger partial charge in [0.05, 0.1) is 18.9 Å². The van der Waals surface area contributed by atoms with Gasteiger partial charge in [-0.25, -0.2) is 0 Å². The summed E-state index contributed by atoms with van der Waals surface area (Å²) in [7, 11) is 3.74. The van der Waals surface area contributed by atoms with Crippen molar-refractivity contribution in [1.82, 2.24) is 20.4 Å². The van der Waals surface area contributed by atoms with Crippen LogP contribution in [0.25, 0.3) is 0 Å². The molecule has 2 heterocycles. The predicted molar refractivity (Wildman–Crippen MR) is 111 cm³/mol. The molecule has 7 heteroatoms. The van der Waals surface area contributed by atoms with Crippen LogP contribution in [0.3, 0.4) is 0 Å². The van der Waals surface area contributed by atoms with Crippen LogP contribution in [-0.2, 0) is 24.9 Å². The Morgan fingerprint density at radius 1 is 1.29 bits per heavy atom. The van der Waals surface area contributed by atoms with Gasteiger partial charge in [-0.2, -0.15) is 5.10 Å². The second-order valence-electron chi connectivity index (χ2n) is 7.27. The molecule has 0 saturated carbocycles. The Morgan fingerprint density at radius 2 is 2.07 bits per heavy atom. The number of ether oxygens (including phenoxy) is 2. The molecule has 0 radical (unpaired) electrons. The van der Waals surface area contributed by atoms with Crippen LogP contribution in [0.5, 0.6) is 5.75 Å². The van der Waals surface area contributed by atoms with E-state index in [1.807, 2.05) is 18.7 Å². The molecule has 1 saturated heterocycles. The SMILES string of the molecule is CN=C(NCc1ccc(C)cc1OC1CCOC1)NCc1c(C)nn(C)c1C. The van der Waals surface area contributed by atoms with E-state index < -0.39 is 0 Å². The fraction of sp³-hybridized carbons (Fsp3) is 0.524. The highest BCUT2D eigenvalue weighted by Gasteiger charge is 2.19. The average molecular weight is 386 g/mol. The Hall–Kier alpha value is -2.54. The highest BCUT2D eigenvalue weighted by molar-refractivity contribution is 5.79. The molecule has 2 N–H and O–H groups in total. The summed E-state index contributed by atoms with van der Waals surface area (Å²) in [4.78, 5) is 4.34. The normalized spacial score (nSPS) is 17.0. The molecule has 2 aromatic rings. The second-order valence-corrected chi connectivity index (χ2v) is 7.27. The van der Waals surface area contributed by atoms with Crippen molar-refractivity contribution in [2.75, 3.05) is 20.3 Å². The van der Waals surface area contributed by atoms with Crippen LogP contribution in [0, 0.1) is 20.8 Å². The Bertz CT molecular complexity index is 838. The first-order valence-corrected chi connectivity index (χ1v) is 9.75. The molecule has 0 spiro atoms. The summed E-state index contributed by atoms with van der Waals surface area (Å²) >= 11 is 0. The lowest BCUT2D eigenvalue weighted by Crippen LogP contribution is -2.36. The fourth-order valence-corrected chi connectivity index (χ4v) is 3.35. The molecule has 28 heavy (non-hydrogen) atoms. The highest BCUT2D eigenvalue weighted by Crippen LogP contribution is 2.23. The number of rotatable bonds is 6. The van der Waals surface area contributed by atoms with E-state index in [1.165, 1.54) is 11.1 Å². The van der Waals surface area contributed by atoms with Gasteiger partial charge in [-0.05, 0) is 32.4 Å². The first-order valence-electron chi connectivity index (χ1n) is 9.75. The molecule has 1 atom stereocenters. The minimum atomic E-state index is 0.134. The van der Waals surface area contributed by atoms with Crippen molar-refractivity contribution in [3.63, 3.8) is 0 Å². The maximum absolute atomic E-state index is 6.18. The van der Waals surface area contributed by atoms with E-state index in [-0.39, 0.29) is 6.10 Å². The standard InChI is InChI=1S/C21H31N5O2/c1-14-6-7-17(20(10-14)28-18-8-9-27-13-18)11-23-21(22-4)24-12-19-15(2)25-26(5)16(19)3/h6-7,10,18H,8-9,11-13H2,1-5H3,(H2,22,23,24). The summed E-state index contributed by atoms with van der Waals surface area (Å²) in [5, 5.41) is 11.2. The maximum Gasteiger partial charge on any atom is 0.191 e. The molecule has 1 aromatic heterocycles. The van der Waals surface area contributed by atoms with Gasteiger partial charge in [-0.3, -0.25) is 9.67 Å². The molecule has 0 amide bonds. The number of benzene rings is 1. The first-order chi connectivity index (χ1) is 13.5. The fourth-order valence-electron chi connectivity index (χ4n) is 3.35. The van der Waals surface area contributed by atoms with E-state index in [0.29, 0.717) is 19.7 Å². The third-order valence-corrected chi connectivity index (χ3v) is 5.17. The van der Waals surface area contributed by atoms with Gasteiger partial charge in [-0.15, -0.1) is 0 Å². The maximum atomic E-state index is 6.18. The summed E-state index contributed by atoms with van der Waals surface area (Å²) in [5.74, 6) is 1.66. The Kier molecular flexibility index (Phi) is 6.57. The predicted octanol–water partition coefficient (Wildman–Crippen LogP) is 2.38. The van der Waals surface area contributed by atoms with Crippen LogP contribution in [-0.4, -0.2) is 42.1 Å². The molecule has 1 aliphatic rings. The van der Waals surface area contributed by atoms with Crippen molar-refractivity contribution in [3.05, 3.63) is 46.3 Å². The monoisotopic (exact) mass is 385 g/mol. The molecule has 0 bridgehead atoms.